The first-order valence-electron chi connectivity index (χ1n) is 9.56. The van der Waals surface area contributed by atoms with Crippen LogP contribution in [0.1, 0.15) is 5.56 Å². The molecular formula is C19H19N3O11S3. The molecule has 0 saturated heterocycles. The summed E-state index contributed by atoms with van der Waals surface area (Å²) in [6.07, 6.45) is 0. The van der Waals surface area contributed by atoms with Crippen molar-refractivity contribution >= 4 is 58.2 Å². The molecule has 0 radical (unpaired) electrons. The van der Waals surface area contributed by atoms with Crippen molar-refractivity contribution in [2.24, 2.45) is 10.2 Å². The predicted molar refractivity (Wildman–Crippen MR) is 126 cm³/mol. The van der Waals surface area contributed by atoms with Crippen LogP contribution in [0.2, 0.25) is 0 Å². The molecule has 36 heavy (non-hydrogen) atoms. The minimum absolute atomic E-state index is 0.0178. The molecule has 0 atom stereocenters. The van der Waals surface area contributed by atoms with Gasteiger partial charge in [0, 0.05) is 18.2 Å². The van der Waals surface area contributed by atoms with Crippen LogP contribution in [0.15, 0.2) is 61.3 Å². The van der Waals surface area contributed by atoms with Crippen molar-refractivity contribution in [3.8, 4) is 5.75 Å². The van der Waals surface area contributed by atoms with E-state index in [-0.39, 0.29) is 17.8 Å². The van der Waals surface area contributed by atoms with Crippen molar-refractivity contribution in [2.45, 2.75) is 21.6 Å². The normalized spacial score (nSPS) is 12.9. The third kappa shape index (κ3) is 5.62. The number of methoxy groups -OCH3 is 1. The first kappa shape index (κ1) is 27.4. The molecule has 0 aliphatic rings. The fourth-order valence-corrected chi connectivity index (χ4v) is 5.21. The summed E-state index contributed by atoms with van der Waals surface area (Å²) in [5, 5.41) is 20.1. The topological polar surface area (TPSA) is 229 Å². The number of azo groups is 1. The summed E-state index contributed by atoms with van der Waals surface area (Å²) in [5.41, 5.74) is -0.814. The lowest BCUT2D eigenvalue weighted by Crippen LogP contribution is -2.07. The summed E-state index contributed by atoms with van der Waals surface area (Å²) < 4.78 is 105. The summed E-state index contributed by atoms with van der Waals surface area (Å²) in [4.78, 5) is -2.58. The number of nitrogens with one attached hydrogen (secondary N) is 1. The highest BCUT2D eigenvalue weighted by atomic mass is 32.2. The summed E-state index contributed by atoms with van der Waals surface area (Å²) >= 11 is 0. The number of phenols is 1. The predicted octanol–water partition coefficient (Wildman–Crippen LogP) is 3.03. The number of benzene rings is 3. The molecule has 0 saturated carbocycles. The molecule has 3 aromatic carbocycles. The van der Waals surface area contributed by atoms with Crippen LogP contribution < -0.4 is 5.32 Å². The van der Waals surface area contributed by atoms with Crippen molar-refractivity contribution in [1.29, 1.82) is 0 Å². The minimum atomic E-state index is -5.19. The van der Waals surface area contributed by atoms with Crippen molar-refractivity contribution in [2.75, 3.05) is 19.2 Å². The average Bonchev–Trinajstić information content (AvgIpc) is 2.74. The highest BCUT2D eigenvalue weighted by Crippen LogP contribution is 2.46. The van der Waals surface area contributed by atoms with E-state index in [0.29, 0.717) is 11.6 Å². The maximum Gasteiger partial charge on any atom is 0.296 e. The van der Waals surface area contributed by atoms with Crippen LogP contribution in [-0.4, -0.2) is 57.9 Å². The maximum atomic E-state index is 12.1. The Hall–Kier alpha value is -3.19. The molecule has 0 heterocycles. The molecule has 0 amide bonds. The number of hydrogen-bond donors (Lipinski definition) is 5. The molecule has 3 aromatic rings. The Kier molecular flexibility index (Phi) is 7.38. The van der Waals surface area contributed by atoms with Gasteiger partial charge >= 0.3 is 0 Å². The van der Waals surface area contributed by atoms with Gasteiger partial charge in [-0.25, -0.2) is 0 Å². The Morgan fingerprint density at radius 1 is 0.833 bits per heavy atom. The van der Waals surface area contributed by atoms with Gasteiger partial charge in [-0.15, -0.1) is 10.2 Å². The first-order chi connectivity index (χ1) is 16.6. The van der Waals surface area contributed by atoms with Gasteiger partial charge in [-0.3, -0.25) is 13.7 Å². The Labute approximate surface area is 205 Å². The number of hydrogen-bond acceptors (Lipinski definition) is 11. The SMILES string of the molecule is COCNc1ccc(S(=O)(=O)O)c2cc(S(=O)(=O)O)c(N=Nc3cc(C)ccc3S(=O)(=O)O)c(O)c12. The zero-order valence-corrected chi connectivity index (χ0v) is 20.9. The third-order valence-corrected chi connectivity index (χ3v) is 7.47. The van der Waals surface area contributed by atoms with Gasteiger partial charge in [0.05, 0.1) is 5.39 Å². The molecule has 0 bridgehead atoms. The molecule has 0 aromatic heterocycles. The maximum absolute atomic E-state index is 12.1. The molecule has 0 aliphatic carbocycles. The average molecular weight is 562 g/mol. The van der Waals surface area contributed by atoms with Crippen LogP contribution in [0.5, 0.6) is 5.75 Å². The van der Waals surface area contributed by atoms with E-state index in [2.05, 4.69) is 15.5 Å². The number of rotatable bonds is 8. The second kappa shape index (κ2) is 9.69. The van der Waals surface area contributed by atoms with Crippen LogP contribution in [0, 0.1) is 6.92 Å². The van der Waals surface area contributed by atoms with E-state index in [4.69, 9.17) is 4.74 Å². The standard InChI is InChI=1S/C19H19N3O11S3/c1-10-3-5-15(35(27,28)29)13(7-10)21-22-18-16(36(30,31)32)8-11-14(34(24,25)26)6-4-12(20-9-33-2)17(11)19(18)23/h3-8,20,23H,9H2,1-2H3,(H,24,25,26)(H,27,28,29)(H,30,31,32). The lowest BCUT2D eigenvalue weighted by molar-refractivity contribution is 0.221. The molecular weight excluding hydrogens is 542 g/mol. The smallest absolute Gasteiger partial charge is 0.296 e. The van der Waals surface area contributed by atoms with E-state index in [9.17, 15) is 44.0 Å². The zero-order chi connectivity index (χ0) is 27.1. The van der Waals surface area contributed by atoms with Crippen molar-refractivity contribution in [1.82, 2.24) is 0 Å². The van der Waals surface area contributed by atoms with E-state index in [0.717, 1.165) is 18.2 Å². The fourth-order valence-electron chi connectivity index (χ4n) is 3.28. The summed E-state index contributed by atoms with van der Waals surface area (Å²) in [6.45, 7) is 1.42. The van der Waals surface area contributed by atoms with E-state index >= 15 is 0 Å². The molecule has 3 rings (SSSR count). The highest BCUT2D eigenvalue weighted by molar-refractivity contribution is 7.86. The number of aryl methyl sites for hydroxylation is 1. The fraction of sp³-hybridized carbons (Fsp3) is 0.158. The first-order valence-corrected chi connectivity index (χ1v) is 13.9. The molecule has 14 nitrogen and oxygen atoms in total. The largest absolute Gasteiger partial charge is 0.505 e. The lowest BCUT2D eigenvalue weighted by atomic mass is 10.1. The Morgan fingerprint density at radius 3 is 1.97 bits per heavy atom. The second-order valence-corrected chi connectivity index (χ2v) is 11.5. The Balaban J connectivity index is 2.45. The number of ether oxygens (including phenoxy) is 1. The number of nitrogens with zero attached hydrogens (tertiary/aromatic N) is 2. The van der Waals surface area contributed by atoms with Crippen LogP contribution >= 0.6 is 0 Å². The molecule has 5 N–H and O–H groups in total. The van der Waals surface area contributed by atoms with Gasteiger partial charge in [0.15, 0.2) is 5.75 Å². The van der Waals surface area contributed by atoms with Crippen LogP contribution in [0.25, 0.3) is 10.8 Å². The van der Waals surface area contributed by atoms with Gasteiger partial charge < -0.3 is 15.2 Å². The Morgan fingerprint density at radius 2 is 1.42 bits per heavy atom. The van der Waals surface area contributed by atoms with E-state index in [1.807, 2.05) is 0 Å². The van der Waals surface area contributed by atoms with Crippen molar-refractivity contribution in [3.63, 3.8) is 0 Å². The highest BCUT2D eigenvalue weighted by Gasteiger charge is 2.27. The monoisotopic (exact) mass is 561 g/mol. The minimum Gasteiger partial charge on any atom is -0.505 e. The second-order valence-electron chi connectivity index (χ2n) is 7.31. The van der Waals surface area contributed by atoms with Gasteiger partial charge in [0.2, 0.25) is 0 Å². The molecule has 0 aliphatic heterocycles. The summed E-state index contributed by atoms with van der Waals surface area (Å²) in [7, 11) is -13.6. The van der Waals surface area contributed by atoms with Crippen molar-refractivity contribution in [3.05, 3.63) is 42.0 Å². The van der Waals surface area contributed by atoms with Crippen LogP contribution in [0.4, 0.5) is 17.1 Å². The van der Waals surface area contributed by atoms with Gasteiger partial charge in [-0.1, -0.05) is 6.07 Å². The van der Waals surface area contributed by atoms with Crippen molar-refractivity contribution < 1.29 is 48.8 Å². The molecule has 0 fully saturated rings. The molecule has 0 spiro atoms. The quantitative estimate of drug-likeness (QED) is 0.152. The van der Waals surface area contributed by atoms with Gasteiger partial charge in [-0.05, 0) is 42.8 Å². The molecule has 0 unspecified atom stereocenters. The zero-order valence-electron chi connectivity index (χ0n) is 18.4. The number of aromatic hydroxyl groups is 1. The summed E-state index contributed by atoms with van der Waals surface area (Å²) in [6, 6.07) is 6.28. The van der Waals surface area contributed by atoms with E-state index in [1.165, 1.54) is 19.2 Å². The number of phenolic OH excluding ortho intramolecular Hbond substituents is 1. The van der Waals surface area contributed by atoms with Gasteiger partial charge in [0.1, 0.15) is 32.8 Å². The van der Waals surface area contributed by atoms with Gasteiger partial charge in [-0.2, -0.15) is 25.3 Å². The van der Waals surface area contributed by atoms with Gasteiger partial charge in [0.25, 0.3) is 30.4 Å². The van der Waals surface area contributed by atoms with Crippen LogP contribution in [0.3, 0.4) is 0 Å². The number of fused-ring (bicyclic) bond motifs is 1. The molecule has 17 heteroatoms. The molecule has 194 valence electrons. The Bertz CT molecular complexity index is 1720. The van der Waals surface area contributed by atoms with E-state index in [1.54, 1.807) is 6.92 Å². The third-order valence-electron chi connectivity index (χ3n) is 4.79. The van der Waals surface area contributed by atoms with E-state index < -0.39 is 67.6 Å². The van der Waals surface area contributed by atoms with Crippen LogP contribution in [-0.2, 0) is 35.1 Å². The number of anilines is 1. The summed E-state index contributed by atoms with van der Waals surface area (Å²) in [5.74, 6) is -0.992. The lowest BCUT2D eigenvalue weighted by Gasteiger charge is -2.15.